The highest BCUT2D eigenvalue weighted by Crippen LogP contribution is 2.45. The van der Waals surface area contributed by atoms with Crippen molar-refractivity contribution in [3.05, 3.63) is 65.4 Å². The van der Waals surface area contributed by atoms with Crippen LogP contribution in [0.2, 0.25) is 0 Å². The molecule has 4 heteroatoms. The van der Waals surface area contributed by atoms with Gasteiger partial charge in [-0.15, -0.1) is 0 Å². The van der Waals surface area contributed by atoms with Crippen LogP contribution in [0, 0.1) is 12.8 Å². The molecule has 0 aliphatic carbocycles. The van der Waals surface area contributed by atoms with E-state index in [2.05, 4.69) is 35.8 Å². The fraction of sp³-hybridized carbons (Fsp3) is 0.273. The number of benzene rings is 2. The van der Waals surface area contributed by atoms with E-state index < -0.39 is 5.97 Å². The van der Waals surface area contributed by atoms with Crippen LogP contribution in [0.25, 0.3) is 22.4 Å². The zero-order chi connectivity index (χ0) is 18.4. The Labute approximate surface area is 153 Å². The quantitative estimate of drug-likeness (QED) is 0.728. The third-order valence-corrected chi connectivity index (χ3v) is 5.35. The topological polar surface area (TPSA) is 55.1 Å². The van der Waals surface area contributed by atoms with Gasteiger partial charge in [0.25, 0.3) is 0 Å². The zero-order valence-corrected chi connectivity index (χ0v) is 15.2. The van der Waals surface area contributed by atoms with Crippen LogP contribution in [0.15, 0.2) is 48.7 Å². The first-order chi connectivity index (χ1) is 12.5. The number of carboxylic acids is 1. The SMILES string of the molecule is Cc1cc(C(=O)O)cc2c1-c1c(-c3ccccc3)cnn1C[C@H]2C(C)C. The summed E-state index contributed by atoms with van der Waals surface area (Å²) >= 11 is 0. The molecule has 0 unspecified atom stereocenters. The number of hydrogen-bond acceptors (Lipinski definition) is 2. The number of carboxylic acid groups (broad SMARTS) is 1. The first-order valence-corrected chi connectivity index (χ1v) is 8.96. The largest absolute Gasteiger partial charge is 0.478 e. The number of rotatable bonds is 3. The fourth-order valence-corrected chi connectivity index (χ4v) is 4.02. The van der Waals surface area contributed by atoms with E-state index in [4.69, 9.17) is 0 Å². The number of nitrogens with zero attached hydrogens (tertiary/aromatic N) is 2. The van der Waals surface area contributed by atoms with Crippen molar-refractivity contribution in [2.24, 2.45) is 5.92 Å². The van der Waals surface area contributed by atoms with E-state index in [1.165, 1.54) is 0 Å². The molecule has 2 heterocycles. The summed E-state index contributed by atoms with van der Waals surface area (Å²) in [4.78, 5) is 11.6. The van der Waals surface area contributed by atoms with E-state index in [-0.39, 0.29) is 5.92 Å². The Bertz CT molecular complexity index is 987. The summed E-state index contributed by atoms with van der Waals surface area (Å²) in [5, 5.41) is 14.2. The van der Waals surface area contributed by atoms with Crippen molar-refractivity contribution in [3.8, 4) is 22.4 Å². The molecule has 0 saturated heterocycles. The second-order valence-corrected chi connectivity index (χ2v) is 7.37. The number of aryl methyl sites for hydroxylation is 1. The summed E-state index contributed by atoms with van der Waals surface area (Å²) in [5.41, 5.74) is 6.94. The molecule has 1 aliphatic heterocycles. The summed E-state index contributed by atoms with van der Waals surface area (Å²) in [6, 6.07) is 13.9. The van der Waals surface area contributed by atoms with Crippen LogP contribution in [0.4, 0.5) is 0 Å². The van der Waals surface area contributed by atoms with Crippen LogP contribution in [-0.4, -0.2) is 20.9 Å². The van der Waals surface area contributed by atoms with Crippen molar-refractivity contribution in [1.29, 1.82) is 0 Å². The number of aromatic nitrogens is 2. The van der Waals surface area contributed by atoms with Crippen LogP contribution in [0.3, 0.4) is 0 Å². The fourth-order valence-electron chi connectivity index (χ4n) is 4.02. The number of fused-ring (bicyclic) bond motifs is 3. The third-order valence-electron chi connectivity index (χ3n) is 5.35. The van der Waals surface area contributed by atoms with Gasteiger partial charge in [0.1, 0.15) is 0 Å². The molecule has 0 radical (unpaired) electrons. The van der Waals surface area contributed by atoms with Crippen LogP contribution in [0.1, 0.15) is 41.3 Å². The third kappa shape index (κ3) is 2.53. The molecule has 4 nitrogen and oxygen atoms in total. The minimum absolute atomic E-state index is 0.249. The smallest absolute Gasteiger partial charge is 0.335 e. The standard InChI is InChI=1S/C22H22N2O2/c1-13(2)19-12-24-21(18(11-23-24)15-7-5-4-6-8-15)20-14(3)9-16(22(25)26)10-17(19)20/h4-11,13,19H,12H2,1-3H3,(H,25,26)/t19-/m0/s1. The van der Waals surface area contributed by atoms with Gasteiger partial charge in [0.05, 0.1) is 17.5 Å². The minimum atomic E-state index is -0.874. The Morgan fingerprint density at radius 1 is 1.23 bits per heavy atom. The summed E-state index contributed by atoms with van der Waals surface area (Å²) in [6.45, 7) is 7.14. The highest BCUT2D eigenvalue weighted by molar-refractivity contribution is 5.92. The van der Waals surface area contributed by atoms with Gasteiger partial charge in [-0.3, -0.25) is 4.68 Å². The summed E-state index contributed by atoms with van der Waals surface area (Å²) < 4.78 is 2.09. The maximum Gasteiger partial charge on any atom is 0.335 e. The second kappa shape index (κ2) is 6.13. The molecule has 0 fully saturated rings. The second-order valence-electron chi connectivity index (χ2n) is 7.37. The van der Waals surface area contributed by atoms with Crippen molar-refractivity contribution < 1.29 is 9.90 Å². The predicted molar refractivity (Wildman–Crippen MR) is 102 cm³/mol. The molecule has 1 aromatic heterocycles. The number of aromatic carboxylic acids is 1. The lowest BCUT2D eigenvalue weighted by Gasteiger charge is -2.31. The van der Waals surface area contributed by atoms with E-state index in [9.17, 15) is 9.90 Å². The Kier molecular flexibility index (Phi) is 3.91. The lowest BCUT2D eigenvalue weighted by atomic mass is 9.79. The van der Waals surface area contributed by atoms with Crippen LogP contribution in [0.5, 0.6) is 0 Å². The van der Waals surface area contributed by atoms with Crippen molar-refractivity contribution >= 4 is 5.97 Å². The summed E-state index contributed by atoms with van der Waals surface area (Å²) in [5.74, 6) is -0.227. The van der Waals surface area contributed by atoms with Crippen molar-refractivity contribution in [1.82, 2.24) is 9.78 Å². The van der Waals surface area contributed by atoms with Gasteiger partial charge in [-0.05, 0) is 41.7 Å². The molecule has 132 valence electrons. The average Bonchev–Trinajstić information content (AvgIpc) is 3.05. The molecular weight excluding hydrogens is 324 g/mol. The molecule has 0 spiro atoms. The van der Waals surface area contributed by atoms with E-state index in [1.807, 2.05) is 37.4 Å². The molecule has 4 rings (SSSR count). The first kappa shape index (κ1) is 16.6. The maximum absolute atomic E-state index is 11.6. The van der Waals surface area contributed by atoms with E-state index in [0.717, 1.165) is 40.1 Å². The summed E-state index contributed by atoms with van der Waals surface area (Å²) in [6.07, 6.45) is 1.93. The molecule has 1 atom stereocenters. The molecule has 26 heavy (non-hydrogen) atoms. The van der Waals surface area contributed by atoms with Crippen molar-refractivity contribution in [3.63, 3.8) is 0 Å². The van der Waals surface area contributed by atoms with Gasteiger partial charge < -0.3 is 5.11 Å². The Morgan fingerprint density at radius 2 is 1.96 bits per heavy atom. The molecule has 0 bridgehead atoms. The lowest BCUT2D eigenvalue weighted by molar-refractivity contribution is 0.0696. The Hall–Kier alpha value is -2.88. The van der Waals surface area contributed by atoms with Crippen molar-refractivity contribution in [2.45, 2.75) is 33.2 Å². The van der Waals surface area contributed by atoms with E-state index >= 15 is 0 Å². The summed E-state index contributed by atoms with van der Waals surface area (Å²) in [7, 11) is 0. The first-order valence-electron chi connectivity index (χ1n) is 8.96. The van der Waals surface area contributed by atoms with Crippen LogP contribution < -0.4 is 0 Å². The van der Waals surface area contributed by atoms with Gasteiger partial charge in [0, 0.05) is 23.6 Å². The van der Waals surface area contributed by atoms with E-state index in [1.54, 1.807) is 6.07 Å². The lowest BCUT2D eigenvalue weighted by Crippen LogP contribution is -2.23. The normalized spacial score (nSPS) is 15.6. The van der Waals surface area contributed by atoms with Gasteiger partial charge in [0.15, 0.2) is 0 Å². The van der Waals surface area contributed by atoms with E-state index in [0.29, 0.717) is 11.5 Å². The van der Waals surface area contributed by atoms with Gasteiger partial charge in [0.2, 0.25) is 0 Å². The molecule has 1 N–H and O–H groups in total. The van der Waals surface area contributed by atoms with Gasteiger partial charge in [-0.25, -0.2) is 4.79 Å². The number of hydrogen-bond donors (Lipinski definition) is 1. The molecule has 1 aliphatic rings. The number of carbonyl (C=O) groups is 1. The molecule has 0 amide bonds. The van der Waals surface area contributed by atoms with Crippen molar-refractivity contribution in [2.75, 3.05) is 0 Å². The molecular formula is C22H22N2O2. The maximum atomic E-state index is 11.6. The average molecular weight is 346 g/mol. The van der Waals surface area contributed by atoms with Gasteiger partial charge in [-0.1, -0.05) is 44.2 Å². The van der Waals surface area contributed by atoms with Gasteiger partial charge in [-0.2, -0.15) is 5.10 Å². The Balaban J connectivity index is 2.00. The molecule has 2 aromatic carbocycles. The minimum Gasteiger partial charge on any atom is -0.478 e. The van der Waals surface area contributed by atoms with Crippen LogP contribution >= 0.6 is 0 Å². The molecule has 3 aromatic rings. The Morgan fingerprint density at radius 3 is 2.62 bits per heavy atom. The highest BCUT2D eigenvalue weighted by Gasteiger charge is 2.31. The zero-order valence-electron chi connectivity index (χ0n) is 15.2. The highest BCUT2D eigenvalue weighted by atomic mass is 16.4. The van der Waals surface area contributed by atoms with Crippen LogP contribution in [-0.2, 0) is 6.54 Å². The monoisotopic (exact) mass is 346 g/mol. The van der Waals surface area contributed by atoms with Gasteiger partial charge >= 0.3 is 5.97 Å². The predicted octanol–water partition coefficient (Wildman–Crippen LogP) is 4.98. The molecule has 0 saturated carbocycles.